The molecule has 4 heteroatoms. The maximum absolute atomic E-state index is 6.12. The zero-order valence-electron chi connectivity index (χ0n) is 9.68. The summed E-state index contributed by atoms with van der Waals surface area (Å²) in [5.74, 6) is 0. The Hall–Kier alpha value is -2.00. The number of aromatic nitrogens is 2. The molecule has 0 bridgehead atoms. The van der Waals surface area contributed by atoms with Gasteiger partial charge in [0.25, 0.3) is 0 Å². The van der Waals surface area contributed by atoms with Crippen LogP contribution >= 0.6 is 11.6 Å². The average molecular weight is 258 g/mol. The van der Waals surface area contributed by atoms with Crippen LogP contribution in [0.1, 0.15) is 5.56 Å². The fourth-order valence-electron chi connectivity index (χ4n) is 2.03. The van der Waals surface area contributed by atoms with Gasteiger partial charge in [0.2, 0.25) is 0 Å². The molecule has 2 aromatic carbocycles. The second-order valence-corrected chi connectivity index (χ2v) is 4.57. The van der Waals surface area contributed by atoms with Crippen molar-refractivity contribution in [3.63, 3.8) is 0 Å². The minimum absolute atomic E-state index is 0.515. The Morgan fingerprint density at radius 3 is 2.67 bits per heavy atom. The van der Waals surface area contributed by atoms with E-state index in [2.05, 4.69) is 17.2 Å². The number of benzene rings is 2. The van der Waals surface area contributed by atoms with Crippen molar-refractivity contribution in [2.75, 3.05) is 5.73 Å². The molecule has 0 amide bonds. The van der Waals surface area contributed by atoms with Crippen molar-refractivity contribution in [3.05, 3.63) is 59.2 Å². The molecular weight excluding hydrogens is 246 g/mol. The molecule has 0 fully saturated rings. The van der Waals surface area contributed by atoms with Crippen molar-refractivity contribution >= 4 is 28.2 Å². The van der Waals surface area contributed by atoms with Crippen LogP contribution in [-0.4, -0.2) is 9.78 Å². The van der Waals surface area contributed by atoms with E-state index in [1.165, 1.54) is 5.56 Å². The first kappa shape index (κ1) is 11.1. The maximum Gasteiger partial charge on any atom is 0.158 e. The molecule has 0 unspecified atom stereocenters. The van der Waals surface area contributed by atoms with Crippen LogP contribution in [0, 0.1) is 0 Å². The fraction of sp³-hybridized carbons (Fsp3) is 0.0714. The first-order valence-electron chi connectivity index (χ1n) is 5.69. The first-order valence-corrected chi connectivity index (χ1v) is 6.07. The molecule has 3 aromatic rings. The van der Waals surface area contributed by atoms with Crippen molar-refractivity contribution in [1.29, 1.82) is 0 Å². The van der Waals surface area contributed by atoms with Crippen LogP contribution < -0.4 is 5.73 Å². The number of hydrogen-bond donors (Lipinski definition) is 1. The van der Waals surface area contributed by atoms with Gasteiger partial charge < -0.3 is 5.73 Å². The van der Waals surface area contributed by atoms with Gasteiger partial charge in [-0.1, -0.05) is 41.9 Å². The molecule has 0 aliphatic carbocycles. The van der Waals surface area contributed by atoms with Gasteiger partial charge in [0, 0.05) is 11.1 Å². The molecule has 0 spiro atoms. The summed E-state index contributed by atoms with van der Waals surface area (Å²) in [6.07, 6.45) is 0. The molecule has 0 aliphatic heterocycles. The summed E-state index contributed by atoms with van der Waals surface area (Å²) in [4.78, 5) is 0. The van der Waals surface area contributed by atoms with Gasteiger partial charge in [-0.3, -0.25) is 4.68 Å². The van der Waals surface area contributed by atoms with Crippen LogP contribution in [0.25, 0.3) is 10.9 Å². The zero-order chi connectivity index (χ0) is 12.5. The summed E-state index contributed by atoms with van der Waals surface area (Å²) >= 11 is 6.12. The van der Waals surface area contributed by atoms with E-state index in [0.717, 1.165) is 10.9 Å². The van der Waals surface area contributed by atoms with E-state index in [4.69, 9.17) is 17.3 Å². The Morgan fingerprint density at radius 1 is 1.11 bits per heavy atom. The number of fused-ring (bicyclic) bond motifs is 1. The van der Waals surface area contributed by atoms with E-state index in [-0.39, 0.29) is 0 Å². The van der Waals surface area contributed by atoms with Gasteiger partial charge in [0.05, 0.1) is 12.1 Å². The van der Waals surface area contributed by atoms with Crippen LogP contribution in [0.5, 0.6) is 0 Å². The van der Waals surface area contributed by atoms with Crippen LogP contribution in [0.2, 0.25) is 5.15 Å². The summed E-state index contributed by atoms with van der Waals surface area (Å²) in [5, 5.41) is 5.80. The predicted molar refractivity (Wildman–Crippen MR) is 74.7 cm³/mol. The van der Waals surface area contributed by atoms with Gasteiger partial charge in [-0.15, -0.1) is 0 Å². The highest BCUT2D eigenvalue weighted by Gasteiger charge is 2.09. The molecule has 0 atom stereocenters. The molecule has 18 heavy (non-hydrogen) atoms. The van der Waals surface area contributed by atoms with E-state index < -0.39 is 0 Å². The standard InChI is InChI=1S/C14H12ClN3/c15-14-12-7-6-11(16)8-13(12)18(17-14)9-10-4-2-1-3-5-10/h1-8H,9,16H2. The monoisotopic (exact) mass is 257 g/mol. The largest absolute Gasteiger partial charge is 0.399 e. The normalized spacial score (nSPS) is 10.9. The highest BCUT2D eigenvalue weighted by molar-refractivity contribution is 6.34. The maximum atomic E-state index is 6.12. The predicted octanol–water partition coefficient (Wildman–Crippen LogP) is 3.32. The molecule has 0 saturated carbocycles. The molecule has 1 heterocycles. The fourth-order valence-corrected chi connectivity index (χ4v) is 2.28. The lowest BCUT2D eigenvalue weighted by Gasteiger charge is -2.03. The summed E-state index contributed by atoms with van der Waals surface area (Å²) in [7, 11) is 0. The van der Waals surface area contributed by atoms with E-state index in [0.29, 0.717) is 17.4 Å². The lowest BCUT2D eigenvalue weighted by atomic mass is 10.2. The molecule has 3 nitrogen and oxygen atoms in total. The van der Waals surface area contributed by atoms with E-state index in [1.807, 2.05) is 41.1 Å². The molecule has 2 N–H and O–H groups in total. The summed E-state index contributed by atoms with van der Waals surface area (Å²) < 4.78 is 1.88. The third kappa shape index (κ3) is 1.93. The van der Waals surface area contributed by atoms with Crippen LogP contribution in [0.15, 0.2) is 48.5 Å². The second-order valence-electron chi connectivity index (χ2n) is 4.21. The third-order valence-corrected chi connectivity index (χ3v) is 3.18. The van der Waals surface area contributed by atoms with Crippen molar-refractivity contribution in [3.8, 4) is 0 Å². The third-order valence-electron chi connectivity index (χ3n) is 2.91. The quantitative estimate of drug-likeness (QED) is 0.716. The van der Waals surface area contributed by atoms with Crippen LogP contribution in [-0.2, 0) is 6.54 Å². The molecule has 0 aliphatic rings. The van der Waals surface area contributed by atoms with Crippen LogP contribution in [0.4, 0.5) is 5.69 Å². The minimum atomic E-state index is 0.515. The number of halogens is 1. The van der Waals surface area contributed by atoms with Gasteiger partial charge in [-0.2, -0.15) is 5.10 Å². The first-order chi connectivity index (χ1) is 8.74. The Balaban J connectivity index is 2.09. The SMILES string of the molecule is Nc1ccc2c(Cl)nn(Cc3ccccc3)c2c1. The average Bonchev–Trinajstić information content (AvgIpc) is 2.67. The number of rotatable bonds is 2. The van der Waals surface area contributed by atoms with Crippen molar-refractivity contribution in [1.82, 2.24) is 9.78 Å². The second kappa shape index (κ2) is 4.35. The van der Waals surface area contributed by atoms with Crippen molar-refractivity contribution in [2.24, 2.45) is 0 Å². The lowest BCUT2D eigenvalue weighted by molar-refractivity contribution is 0.712. The van der Waals surface area contributed by atoms with Crippen molar-refractivity contribution < 1.29 is 0 Å². The zero-order valence-corrected chi connectivity index (χ0v) is 10.4. The smallest absolute Gasteiger partial charge is 0.158 e. The highest BCUT2D eigenvalue weighted by atomic mass is 35.5. The van der Waals surface area contributed by atoms with Gasteiger partial charge in [0.15, 0.2) is 5.15 Å². The van der Waals surface area contributed by atoms with E-state index in [9.17, 15) is 0 Å². The van der Waals surface area contributed by atoms with E-state index >= 15 is 0 Å². The number of hydrogen-bond acceptors (Lipinski definition) is 2. The molecule has 3 rings (SSSR count). The molecule has 0 radical (unpaired) electrons. The number of nitrogens with two attached hydrogens (primary N) is 1. The Morgan fingerprint density at radius 2 is 1.89 bits per heavy atom. The van der Waals surface area contributed by atoms with E-state index in [1.54, 1.807) is 0 Å². The summed E-state index contributed by atoms with van der Waals surface area (Å²) in [6, 6.07) is 15.8. The van der Waals surface area contributed by atoms with Crippen molar-refractivity contribution in [2.45, 2.75) is 6.54 Å². The lowest BCUT2D eigenvalue weighted by Crippen LogP contribution is -2.01. The number of nitrogens with zero attached hydrogens (tertiary/aromatic N) is 2. The summed E-state index contributed by atoms with van der Waals surface area (Å²) in [5.41, 5.74) is 8.67. The Bertz CT molecular complexity index is 689. The summed E-state index contributed by atoms with van der Waals surface area (Å²) in [6.45, 7) is 0.688. The molecular formula is C14H12ClN3. The Labute approximate surface area is 110 Å². The topological polar surface area (TPSA) is 43.8 Å². The number of anilines is 1. The molecule has 90 valence electrons. The molecule has 0 saturated heterocycles. The Kier molecular flexibility index (Phi) is 2.68. The van der Waals surface area contributed by atoms with Crippen LogP contribution in [0.3, 0.4) is 0 Å². The van der Waals surface area contributed by atoms with Gasteiger partial charge in [-0.05, 0) is 23.8 Å². The minimum Gasteiger partial charge on any atom is -0.399 e. The van der Waals surface area contributed by atoms with Gasteiger partial charge in [-0.25, -0.2) is 0 Å². The van der Waals surface area contributed by atoms with Gasteiger partial charge in [0.1, 0.15) is 0 Å². The van der Waals surface area contributed by atoms with Gasteiger partial charge >= 0.3 is 0 Å². The number of nitrogen functional groups attached to an aromatic ring is 1. The highest BCUT2D eigenvalue weighted by Crippen LogP contribution is 2.25. The molecule has 1 aromatic heterocycles.